The lowest BCUT2D eigenvalue weighted by Crippen LogP contribution is -1.99. The third kappa shape index (κ3) is 2.08. The van der Waals surface area contributed by atoms with E-state index in [2.05, 4.69) is 15.1 Å². The quantitative estimate of drug-likeness (QED) is 0.694. The molecule has 0 bridgehead atoms. The predicted octanol–water partition coefficient (Wildman–Crippen LogP) is 2.80. The minimum atomic E-state index is 0.234. The van der Waals surface area contributed by atoms with Crippen molar-refractivity contribution in [2.75, 3.05) is 0 Å². The van der Waals surface area contributed by atoms with Crippen molar-refractivity contribution in [2.24, 2.45) is 0 Å². The van der Waals surface area contributed by atoms with Crippen LogP contribution >= 0.6 is 11.6 Å². The van der Waals surface area contributed by atoms with Gasteiger partial charge in [-0.15, -0.1) is 0 Å². The Hall–Kier alpha value is -2.53. The van der Waals surface area contributed by atoms with Crippen molar-refractivity contribution in [3.63, 3.8) is 0 Å². The van der Waals surface area contributed by atoms with Gasteiger partial charge >= 0.3 is 0 Å². The van der Waals surface area contributed by atoms with Crippen molar-refractivity contribution < 1.29 is 4.79 Å². The maximum atomic E-state index is 11.3. The molecule has 0 unspecified atom stereocenters. The van der Waals surface area contributed by atoms with Crippen LogP contribution in [0.2, 0.25) is 5.15 Å². The van der Waals surface area contributed by atoms with Gasteiger partial charge in [-0.3, -0.25) is 4.79 Å². The van der Waals surface area contributed by atoms with Crippen LogP contribution < -0.4 is 0 Å². The molecule has 3 rings (SSSR count). The standard InChI is InChI=1S/C14H9ClN4O/c15-14-11(8-20)13(10-4-2-1-3-5-10)18-19(14)12-6-7-16-9-17-12/h1-9H. The minimum absolute atomic E-state index is 0.234. The van der Waals surface area contributed by atoms with Crippen molar-refractivity contribution in [2.45, 2.75) is 0 Å². The Bertz CT molecular complexity index is 741. The van der Waals surface area contributed by atoms with Crippen molar-refractivity contribution >= 4 is 17.9 Å². The van der Waals surface area contributed by atoms with Crippen LogP contribution in [-0.2, 0) is 0 Å². The van der Waals surface area contributed by atoms with E-state index in [0.717, 1.165) is 5.56 Å². The van der Waals surface area contributed by atoms with Crippen molar-refractivity contribution in [3.8, 4) is 17.1 Å². The Labute approximate surface area is 119 Å². The molecule has 0 atom stereocenters. The molecular formula is C14H9ClN4O. The van der Waals surface area contributed by atoms with Gasteiger partial charge in [-0.2, -0.15) is 5.10 Å². The second kappa shape index (κ2) is 5.22. The van der Waals surface area contributed by atoms with Crippen LogP contribution in [0.15, 0.2) is 48.9 Å². The molecule has 0 saturated carbocycles. The van der Waals surface area contributed by atoms with E-state index in [1.807, 2.05) is 30.3 Å². The highest BCUT2D eigenvalue weighted by molar-refractivity contribution is 6.32. The van der Waals surface area contributed by atoms with Gasteiger partial charge in [-0.1, -0.05) is 41.9 Å². The second-order valence-electron chi connectivity index (χ2n) is 4.02. The predicted molar refractivity (Wildman–Crippen MR) is 75.0 cm³/mol. The fourth-order valence-corrected chi connectivity index (χ4v) is 2.14. The first kappa shape index (κ1) is 12.5. The van der Waals surface area contributed by atoms with Gasteiger partial charge in [0.15, 0.2) is 12.1 Å². The van der Waals surface area contributed by atoms with Gasteiger partial charge in [-0.05, 0) is 0 Å². The van der Waals surface area contributed by atoms with Crippen LogP contribution in [0.3, 0.4) is 0 Å². The summed E-state index contributed by atoms with van der Waals surface area (Å²) in [7, 11) is 0. The van der Waals surface area contributed by atoms with E-state index in [0.29, 0.717) is 23.4 Å². The smallest absolute Gasteiger partial charge is 0.158 e. The van der Waals surface area contributed by atoms with Crippen molar-refractivity contribution in [1.29, 1.82) is 0 Å². The summed E-state index contributed by atoms with van der Waals surface area (Å²) < 4.78 is 1.43. The van der Waals surface area contributed by atoms with Gasteiger partial charge < -0.3 is 0 Å². The Morgan fingerprint density at radius 3 is 2.60 bits per heavy atom. The highest BCUT2D eigenvalue weighted by Gasteiger charge is 2.18. The number of halogens is 1. The number of hydrogen-bond donors (Lipinski definition) is 0. The lowest BCUT2D eigenvalue weighted by Gasteiger charge is -1.99. The lowest BCUT2D eigenvalue weighted by molar-refractivity contribution is 0.112. The van der Waals surface area contributed by atoms with E-state index in [1.165, 1.54) is 11.0 Å². The zero-order chi connectivity index (χ0) is 13.9. The molecule has 2 aromatic heterocycles. The number of nitrogens with zero attached hydrogens (tertiary/aromatic N) is 4. The number of carbonyl (C=O) groups is 1. The van der Waals surface area contributed by atoms with E-state index in [4.69, 9.17) is 11.6 Å². The van der Waals surface area contributed by atoms with Gasteiger partial charge in [-0.25, -0.2) is 14.6 Å². The SMILES string of the molecule is O=Cc1c(-c2ccccc2)nn(-c2ccncn2)c1Cl. The molecule has 20 heavy (non-hydrogen) atoms. The number of carbonyl (C=O) groups excluding carboxylic acids is 1. The van der Waals surface area contributed by atoms with Gasteiger partial charge in [0.05, 0.1) is 5.56 Å². The first-order valence-electron chi connectivity index (χ1n) is 5.87. The zero-order valence-corrected chi connectivity index (χ0v) is 11.0. The topological polar surface area (TPSA) is 60.7 Å². The summed E-state index contributed by atoms with van der Waals surface area (Å²) >= 11 is 6.22. The molecule has 0 fully saturated rings. The van der Waals surface area contributed by atoms with E-state index >= 15 is 0 Å². The first-order chi connectivity index (χ1) is 9.81. The van der Waals surface area contributed by atoms with E-state index in [9.17, 15) is 4.79 Å². The summed E-state index contributed by atoms with van der Waals surface area (Å²) in [5.41, 5.74) is 1.70. The molecule has 0 amide bonds. The number of hydrogen-bond acceptors (Lipinski definition) is 4. The molecule has 6 heteroatoms. The Morgan fingerprint density at radius 1 is 1.15 bits per heavy atom. The summed E-state index contributed by atoms with van der Waals surface area (Å²) in [5.74, 6) is 0.510. The molecule has 1 aromatic carbocycles. The molecule has 0 spiro atoms. The highest BCUT2D eigenvalue weighted by atomic mass is 35.5. The van der Waals surface area contributed by atoms with Crippen LogP contribution in [0.25, 0.3) is 17.1 Å². The normalized spacial score (nSPS) is 10.4. The minimum Gasteiger partial charge on any atom is -0.298 e. The zero-order valence-electron chi connectivity index (χ0n) is 10.3. The molecule has 0 N–H and O–H groups in total. The van der Waals surface area contributed by atoms with Crippen LogP contribution in [0.4, 0.5) is 0 Å². The van der Waals surface area contributed by atoms with E-state index < -0.39 is 0 Å². The van der Waals surface area contributed by atoms with Crippen LogP contribution in [0.1, 0.15) is 10.4 Å². The maximum absolute atomic E-state index is 11.3. The molecule has 0 aliphatic rings. The molecule has 0 radical (unpaired) electrons. The third-order valence-electron chi connectivity index (χ3n) is 2.81. The molecule has 0 aliphatic heterocycles. The van der Waals surface area contributed by atoms with Gasteiger partial charge in [0, 0.05) is 17.8 Å². The lowest BCUT2D eigenvalue weighted by atomic mass is 10.1. The first-order valence-corrected chi connectivity index (χ1v) is 6.24. The van der Waals surface area contributed by atoms with Gasteiger partial charge in [0.2, 0.25) is 0 Å². The average Bonchev–Trinajstić information content (AvgIpc) is 2.86. The van der Waals surface area contributed by atoms with Gasteiger partial charge in [0.1, 0.15) is 17.2 Å². The monoisotopic (exact) mass is 284 g/mol. The van der Waals surface area contributed by atoms with Gasteiger partial charge in [0.25, 0.3) is 0 Å². The van der Waals surface area contributed by atoms with Crippen LogP contribution in [0, 0.1) is 0 Å². The summed E-state index contributed by atoms with van der Waals surface area (Å²) in [6.07, 6.45) is 3.69. The molecule has 2 heterocycles. The summed E-state index contributed by atoms with van der Waals surface area (Å²) in [5, 5.41) is 4.62. The molecule has 5 nitrogen and oxygen atoms in total. The van der Waals surface area contributed by atoms with E-state index in [-0.39, 0.29) is 5.15 Å². The fraction of sp³-hybridized carbons (Fsp3) is 0. The second-order valence-corrected chi connectivity index (χ2v) is 4.37. The summed E-state index contributed by atoms with van der Waals surface area (Å²) in [4.78, 5) is 19.2. The Morgan fingerprint density at radius 2 is 1.95 bits per heavy atom. The summed E-state index contributed by atoms with van der Waals surface area (Å²) in [6.45, 7) is 0. The van der Waals surface area contributed by atoms with E-state index in [1.54, 1.807) is 12.3 Å². The Balaban J connectivity index is 2.21. The van der Waals surface area contributed by atoms with Crippen LogP contribution in [-0.4, -0.2) is 26.0 Å². The number of rotatable bonds is 3. The maximum Gasteiger partial charge on any atom is 0.158 e. The molecule has 0 saturated heterocycles. The molecule has 3 aromatic rings. The molecule has 98 valence electrons. The number of aromatic nitrogens is 4. The Kier molecular flexibility index (Phi) is 3.26. The van der Waals surface area contributed by atoms with Crippen molar-refractivity contribution in [1.82, 2.24) is 19.7 Å². The third-order valence-corrected chi connectivity index (χ3v) is 3.18. The number of aldehydes is 1. The fourth-order valence-electron chi connectivity index (χ4n) is 1.88. The van der Waals surface area contributed by atoms with Crippen molar-refractivity contribution in [3.05, 3.63) is 59.6 Å². The molecular weight excluding hydrogens is 276 g/mol. The largest absolute Gasteiger partial charge is 0.298 e. The average molecular weight is 285 g/mol. The summed E-state index contributed by atoms with van der Waals surface area (Å²) in [6, 6.07) is 11.1. The van der Waals surface area contributed by atoms with Crippen LogP contribution in [0.5, 0.6) is 0 Å². The highest BCUT2D eigenvalue weighted by Crippen LogP contribution is 2.28. The molecule has 0 aliphatic carbocycles. The number of benzene rings is 1.